The van der Waals surface area contributed by atoms with Crippen LogP contribution in [-0.4, -0.2) is 19.5 Å². The third kappa shape index (κ3) is 3.94. The second-order valence-electron chi connectivity index (χ2n) is 10.9. The van der Waals surface area contributed by atoms with Gasteiger partial charge in [-0.2, -0.15) is 4.98 Å². The Morgan fingerprint density at radius 2 is 1.11 bits per heavy atom. The van der Waals surface area contributed by atoms with E-state index in [1.165, 1.54) is 30.9 Å². The summed E-state index contributed by atoms with van der Waals surface area (Å²) in [5.41, 5.74) is 7.64. The average Bonchev–Trinajstić information content (AvgIpc) is 3.65. The van der Waals surface area contributed by atoms with Gasteiger partial charge in [0.2, 0.25) is 5.95 Å². The molecular formula is C39H24N4S. The predicted octanol–water partition coefficient (Wildman–Crippen LogP) is 10.3. The number of thiophene rings is 1. The molecule has 5 heteroatoms. The van der Waals surface area contributed by atoms with Gasteiger partial charge in [-0.15, -0.1) is 11.3 Å². The zero-order valence-electron chi connectivity index (χ0n) is 23.6. The highest BCUT2D eigenvalue weighted by molar-refractivity contribution is 7.26. The second-order valence-corrected chi connectivity index (χ2v) is 12.0. The summed E-state index contributed by atoms with van der Waals surface area (Å²) in [6.07, 6.45) is 1.63. The molecule has 0 amide bonds. The van der Waals surface area contributed by atoms with Crippen LogP contribution < -0.4 is 0 Å². The molecule has 206 valence electrons. The number of aromatic nitrogens is 4. The Morgan fingerprint density at radius 1 is 0.477 bits per heavy atom. The molecule has 0 saturated carbocycles. The molecule has 0 N–H and O–H groups in total. The molecule has 0 unspecified atom stereocenters. The molecule has 6 aromatic carbocycles. The summed E-state index contributed by atoms with van der Waals surface area (Å²) in [7, 11) is 0. The monoisotopic (exact) mass is 580 g/mol. The molecule has 0 fully saturated rings. The van der Waals surface area contributed by atoms with Gasteiger partial charge in [-0.3, -0.25) is 4.57 Å². The van der Waals surface area contributed by atoms with Gasteiger partial charge in [0.15, 0.2) is 5.82 Å². The minimum absolute atomic E-state index is 0.605. The number of para-hydroxylation sites is 1. The van der Waals surface area contributed by atoms with Gasteiger partial charge in [-0.05, 0) is 58.7 Å². The van der Waals surface area contributed by atoms with Crippen molar-refractivity contribution < 1.29 is 0 Å². The van der Waals surface area contributed by atoms with Crippen LogP contribution in [0.15, 0.2) is 146 Å². The summed E-state index contributed by atoms with van der Waals surface area (Å²) >= 11 is 1.85. The van der Waals surface area contributed by atoms with E-state index in [-0.39, 0.29) is 0 Å². The Kier molecular flexibility index (Phi) is 5.64. The molecule has 4 nitrogen and oxygen atoms in total. The maximum atomic E-state index is 5.12. The molecule has 0 aliphatic heterocycles. The summed E-state index contributed by atoms with van der Waals surface area (Å²) < 4.78 is 4.76. The van der Waals surface area contributed by atoms with Crippen molar-refractivity contribution in [1.29, 1.82) is 0 Å². The van der Waals surface area contributed by atoms with Gasteiger partial charge < -0.3 is 0 Å². The normalized spacial score (nSPS) is 11.6. The number of nitrogens with zero attached hydrogens (tertiary/aromatic N) is 4. The van der Waals surface area contributed by atoms with Gasteiger partial charge in [0.05, 0.1) is 11.0 Å². The largest absolute Gasteiger partial charge is 0.278 e. The van der Waals surface area contributed by atoms with E-state index in [1.54, 1.807) is 6.33 Å². The van der Waals surface area contributed by atoms with Crippen LogP contribution >= 0.6 is 11.3 Å². The highest BCUT2D eigenvalue weighted by Crippen LogP contribution is 2.43. The Morgan fingerprint density at radius 3 is 1.86 bits per heavy atom. The number of fused-ring (bicyclic) bond motifs is 7. The maximum Gasteiger partial charge on any atom is 0.238 e. The van der Waals surface area contributed by atoms with E-state index in [1.807, 2.05) is 23.5 Å². The van der Waals surface area contributed by atoms with Crippen molar-refractivity contribution in [3.8, 4) is 39.6 Å². The van der Waals surface area contributed by atoms with Crippen molar-refractivity contribution in [2.45, 2.75) is 0 Å². The molecule has 9 aromatic rings. The van der Waals surface area contributed by atoms with E-state index in [0.29, 0.717) is 11.8 Å². The lowest BCUT2D eigenvalue weighted by Crippen LogP contribution is -2.03. The lowest BCUT2D eigenvalue weighted by atomic mass is 9.96. The summed E-state index contributed by atoms with van der Waals surface area (Å²) in [4.78, 5) is 14.6. The predicted molar refractivity (Wildman–Crippen MR) is 183 cm³/mol. The van der Waals surface area contributed by atoms with Gasteiger partial charge in [-0.25, -0.2) is 9.97 Å². The minimum atomic E-state index is 0.605. The van der Waals surface area contributed by atoms with E-state index >= 15 is 0 Å². The quantitative estimate of drug-likeness (QED) is 0.208. The van der Waals surface area contributed by atoms with Crippen LogP contribution in [0.25, 0.3) is 81.6 Å². The molecule has 3 heterocycles. The zero-order chi connectivity index (χ0) is 29.0. The van der Waals surface area contributed by atoms with Crippen LogP contribution in [0.4, 0.5) is 0 Å². The smallest absolute Gasteiger partial charge is 0.238 e. The molecule has 0 saturated heterocycles. The van der Waals surface area contributed by atoms with Gasteiger partial charge in [0, 0.05) is 36.5 Å². The Hall–Kier alpha value is -5.65. The van der Waals surface area contributed by atoms with Crippen molar-refractivity contribution in [3.63, 3.8) is 0 Å². The van der Waals surface area contributed by atoms with Gasteiger partial charge in [0.1, 0.15) is 6.33 Å². The van der Waals surface area contributed by atoms with Gasteiger partial charge in [-0.1, -0.05) is 103 Å². The Bertz CT molecular complexity index is 2440. The third-order valence-electron chi connectivity index (χ3n) is 8.34. The fraction of sp³-hybridized carbons (Fsp3) is 0. The number of hydrogen-bond acceptors (Lipinski definition) is 4. The van der Waals surface area contributed by atoms with E-state index in [2.05, 4.69) is 132 Å². The molecule has 44 heavy (non-hydrogen) atoms. The average molecular weight is 581 g/mol. The van der Waals surface area contributed by atoms with Gasteiger partial charge >= 0.3 is 0 Å². The molecular weight excluding hydrogens is 557 g/mol. The Balaban J connectivity index is 1.27. The van der Waals surface area contributed by atoms with Gasteiger partial charge in [0.25, 0.3) is 0 Å². The van der Waals surface area contributed by atoms with E-state index in [0.717, 1.165) is 38.9 Å². The lowest BCUT2D eigenvalue weighted by molar-refractivity contribution is 0.947. The van der Waals surface area contributed by atoms with Crippen LogP contribution in [0.5, 0.6) is 0 Å². The molecule has 9 rings (SSSR count). The van der Waals surface area contributed by atoms with Crippen LogP contribution in [0.3, 0.4) is 0 Å². The molecule has 0 radical (unpaired) electrons. The summed E-state index contributed by atoms with van der Waals surface area (Å²) in [6.45, 7) is 0. The lowest BCUT2D eigenvalue weighted by Gasteiger charge is -2.11. The van der Waals surface area contributed by atoms with E-state index < -0.39 is 0 Å². The highest BCUT2D eigenvalue weighted by Gasteiger charge is 2.19. The first kappa shape index (κ1) is 24.9. The molecule has 0 spiro atoms. The molecule has 0 bridgehead atoms. The first-order chi connectivity index (χ1) is 21.8. The minimum Gasteiger partial charge on any atom is -0.278 e. The van der Waals surface area contributed by atoms with Crippen molar-refractivity contribution >= 4 is 53.3 Å². The molecule has 0 atom stereocenters. The molecule has 0 aliphatic carbocycles. The maximum absolute atomic E-state index is 5.12. The van der Waals surface area contributed by atoms with Crippen molar-refractivity contribution in [3.05, 3.63) is 146 Å². The second kappa shape index (κ2) is 9.97. The highest BCUT2D eigenvalue weighted by atomic mass is 32.1. The fourth-order valence-electron chi connectivity index (χ4n) is 6.34. The van der Waals surface area contributed by atoms with E-state index in [9.17, 15) is 0 Å². The molecule has 0 aliphatic rings. The first-order valence-electron chi connectivity index (χ1n) is 14.6. The molecule has 3 aromatic heterocycles. The zero-order valence-corrected chi connectivity index (χ0v) is 24.4. The summed E-state index contributed by atoms with van der Waals surface area (Å²) in [5, 5.41) is 5.00. The number of rotatable bonds is 4. The third-order valence-corrected chi connectivity index (χ3v) is 9.55. The van der Waals surface area contributed by atoms with Crippen molar-refractivity contribution in [2.24, 2.45) is 0 Å². The topological polar surface area (TPSA) is 43.6 Å². The van der Waals surface area contributed by atoms with Crippen LogP contribution in [-0.2, 0) is 0 Å². The van der Waals surface area contributed by atoms with Crippen LogP contribution in [0.1, 0.15) is 0 Å². The summed E-state index contributed by atoms with van der Waals surface area (Å²) in [5.74, 6) is 1.24. The van der Waals surface area contributed by atoms with Crippen molar-refractivity contribution in [1.82, 2.24) is 19.5 Å². The van der Waals surface area contributed by atoms with E-state index in [4.69, 9.17) is 15.0 Å². The van der Waals surface area contributed by atoms with Crippen LogP contribution in [0, 0.1) is 0 Å². The van der Waals surface area contributed by atoms with Crippen LogP contribution in [0.2, 0.25) is 0 Å². The first-order valence-corrected chi connectivity index (χ1v) is 15.4. The van der Waals surface area contributed by atoms with Crippen molar-refractivity contribution in [2.75, 3.05) is 0 Å². The standard InChI is InChI=1S/C39H24N4S/c1-3-11-25(12-4-1)27-21-28(26-13-5-2-6-14-26)23-29(22-27)38-40-24-41-39(42-38)43-33-17-9-7-16-32(33)36-34(43)20-19-31-30-15-8-10-18-35(30)44-37(31)36/h1-24H. The Labute approximate surface area is 257 Å². The number of benzene rings is 6. The fourth-order valence-corrected chi connectivity index (χ4v) is 7.60. The SMILES string of the molecule is c1ccc(-c2cc(-c3ccccc3)cc(-c3ncnc(-n4c5ccccc5c5c6sc7ccccc7c6ccc54)n3)c2)cc1. The summed E-state index contributed by atoms with van der Waals surface area (Å²) in [6, 6.07) is 49.2. The number of hydrogen-bond donors (Lipinski definition) is 0.